The van der Waals surface area contributed by atoms with Crippen LogP contribution in [-0.2, 0) is 4.79 Å². The Morgan fingerprint density at radius 2 is 1.92 bits per heavy atom. The SMILES string of the molecule is COc1ccc(-c2noc(C3CCCN3C(=O)C3CCCC3)n2)cc1. The summed E-state index contributed by atoms with van der Waals surface area (Å²) in [4.78, 5) is 19.3. The average molecular weight is 341 g/mol. The van der Waals surface area contributed by atoms with Crippen LogP contribution < -0.4 is 4.74 Å². The number of benzene rings is 1. The summed E-state index contributed by atoms with van der Waals surface area (Å²) in [5.41, 5.74) is 0.877. The van der Waals surface area contributed by atoms with E-state index < -0.39 is 0 Å². The van der Waals surface area contributed by atoms with Crippen molar-refractivity contribution in [1.29, 1.82) is 0 Å². The molecule has 6 heteroatoms. The number of methoxy groups -OCH3 is 1. The molecule has 2 fully saturated rings. The Labute approximate surface area is 147 Å². The van der Waals surface area contributed by atoms with Crippen molar-refractivity contribution in [3.63, 3.8) is 0 Å². The molecule has 1 saturated carbocycles. The summed E-state index contributed by atoms with van der Waals surface area (Å²) in [5.74, 6) is 2.35. The molecule has 0 radical (unpaired) electrons. The summed E-state index contributed by atoms with van der Waals surface area (Å²) in [6, 6.07) is 7.48. The molecule has 2 heterocycles. The number of carbonyl (C=O) groups excluding carboxylic acids is 1. The van der Waals surface area contributed by atoms with Crippen LogP contribution >= 0.6 is 0 Å². The summed E-state index contributed by atoms with van der Waals surface area (Å²) in [5, 5.41) is 4.11. The lowest BCUT2D eigenvalue weighted by atomic mass is 10.1. The van der Waals surface area contributed by atoms with Gasteiger partial charge in [0.15, 0.2) is 0 Å². The lowest BCUT2D eigenvalue weighted by Crippen LogP contribution is -2.35. The Bertz CT molecular complexity index is 735. The number of likely N-dealkylation sites (tertiary alicyclic amines) is 1. The molecule has 0 bridgehead atoms. The highest BCUT2D eigenvalue weighted by Crippen LogP contribution is 2.36. The minimum atomic E-state index is -0.0763. The van der Waals surface area contributed by atoms with E-state index in [0.29, 0.717) is 11.7 Å². The van der Waals surface area contributed by atoms with Crippen molar-refractivity contribution in [2.24, 2.45) is 5.92 Å². The van der Waals surface area contributed by atoms with Crippen LogP contribution in [0.25, 0.3) is 11.4 Å². The summed E-state index contributed by atoms with van der Waals surface area (Å²) in [7, 11) is 1.64. The molecule has 0 spiro atoms. The third kappa shape index (κ3) is 3.13. The Morgan fingerprint density at radius 1 is 1.16 bits per heavy atom. The van der Waals surface area contributed by atoms with Crippen molar-refractivity contribution in [1.82, 2.24) is 15.0 Å². The molecule has 1 aromatic carbocycles. The third-order valence-electron chi connectivity index (χ3n) is 5.32. The number of amides is 1. The van der Waals surface area contributed by atoms with Crippen LogP contribution in [0.1, 0.15) is 50.5 Å². The van der Waals surface area contributed by atoms with E-state index in [1.54, 1.807) is 7.11 Å². The van der Waals surface area contributed by atoms with E-state index in [1.165, 1.54) is 0 Å². The number of nitrogens with zero attached hydrogens (tertiary/aromatic N) is 3. The van der Waals surface area contributed by atoms with Crippen LogP contribution in [0.4, 0.5) is 0 Å². The first-order chi connectivity index (χ1) is 12.3. The molecule has 1 saturated heterocycles. The molecule has 2 aliphatic rings. The smallest absolute Gasteiger partial charge is 0.249 e. The normalized spacial score (nSPS) is 21.0. The molecule has 132 valence electrons. The van der Waals surface area contributed by atoms with E-state index in [2.05, 4.69) is 10.1 Å². The van der Waals surface area contributed by atoms with Gasteiger partial charge in [0.25, 0.3) is 0 Å². The van der Waals surface area contributed by atoms with Gasteiger partial charge in [0.05, 0.1) is 7.11 Å². The van der Waals surface area contributed by atoms with Gasteiger partial charge in [0.1, 0.15) is 11.8 Å². The largest absolute Gasteiger partial charge is 0.497 e. The van der Waals surface area contributed by atoms with E-state index in [1.807, 2.05) is 29.2 Å². The molecule has 1 aliphatic heterocycles. The first-order valence-corrected chi connectivity index (χ1v) is 9.05. The molecular weight excluding hydrogens is 318 g/mol. The van der Waals surface area contributed by atoms with Crippen LogP contribution in [0.15, 0.2) is 28.8 Å². The van der Waals surface area contributed by atoms with Gasteiger partial charge < -0.3 is 14.2 Å². The second-order valence-electron chi connectivity index (χ2n) is 6.86. The standard InChI is InChI=1S/C19H23N3O3/c1-24-15-10-8-13(9-11-15)17-20-18(25-21-17)16-7-4-12-22(16)19(23)14-5-2-3-6-14/h8-11,14,16H,2-7,12H2,1H3. The number of hydrogen-bond donors (Lipinski definition) is 0. The highest BCUT2D eigenvalue weighted by molar-refractivity contribution is 5.79. The number of aromatic nitrogens is 2. The molecule has 1 unspecified atom stereocenters. The first-order valence-electron chi connectivity index (χ1n) is 9.05. The van der Waals surface area contributed by atoms with Crippen molar-refractivity contribution in [2.45, 2.75) is 44.6 Å². The molecule has 0 N–H and O–H groups in total. The molecule has 4 rings (SSSR count). The van der Waals surface area contributed by atoms with Crippen LogP contribution in [0.2, 0.25) is 0 Å². The molecular formula is C19H23N3O3. The molecule has 1 aliphatic carbocycles. The van der Waals surface area contributed by atoms with Crippen molar-refractivity contribution >= 4 is 5.91 Å². The van der Waals surface area contributed by atoms with Gasteiger partial charge in [-0.1, -0.05) is 18.0 Å². The summed E-state index contributed by atoms with van der Waals surface area (Å²) in [6.45, 7) is 0.792. The quantitative estimate of drug-likeness (QED) is 0.850. The van der Waals surface area contributed by atoms with Crippen molar-refractivity contribution in [2.75, 3.05) is 13.7 Å². The average Bonchev–Trinajstić information content (AvgIpc) is 3.42. The van der Waals surface area contributed by atoms with E-state index in [-0.39, 0.29) is 17.9 Å². The van der Waals surface area contributed by atoms with Gasteiger partial charge in [-0.15, -0.1) is 0 Å². The Kier molecular flexibility index (Phi) is 4.42. The fraction of sp³-hybridized carbons (Fsp3) is 0.526. The van der Waals surface area contributed by atoms with Crippen LogP contribution in [-0.4, -0.2) is 34.6 Å². The summed E-state index contributed by atoms with van der Waals surface area (Å²) < 4.78 is 10.7. The van der Waals surface area contributed by atoms with Gasteiger partial charge in [0.2, 0.25) is 17.6 Å². The predicted octanol–water partition coefficient (Wildman–Crippen LogP) is 3.60. The Balaban J connectivity index is 1.52. The maximum absolute atomic E-state index is 12.8. The zero-order valence-electron chi connectivity index (χ0n) is 14.5. The molecule has 1 amide bonds. The van der Waals surface area contributed by atoms with Crippen molar-refractivity contribution in [3.8, 4) is 17.1 Å². The van der Waals surface area contributed by atoms with Gasteiger partial charge in [-0.05, 0) is 49.9 Å². The highest BCUT2D eigenvalue weighted by atomic mass is 16.5. The number of hydrogen-bond acceptors (Lipinski definition) is 5. The van der Waals surface area contributed by atoms with Crippen molar-refractivity contribution in [3.05, 3.63) is 30.2 Å². The molecule has 1 atom stereocenters. The lowest BCUT2D eigenvalue weighted by Gasteiger charge is -2.24. The number of carbonyl (C=O) groups is 1. The van der Waals surface area contributed by atoms with Crippen molar-refractivity contribution < 1.29 is 14.1 Å². The third-order valence-corrected chi connectivity index (χ3v) is 5.32. The fourth-order valence-corrected chi connectivity index (χ4v) is 3.92. The predicted molar refractivity (Wildman–Crippen MR) is 91.9 cm³/mol. The zero-order valence-corrected chi connectivity index (χ0v) is 14.5. The van der Waals surface area contributed by atoms with E-state index in [9.17, 15) is 4.79 Å². The van der Waals surface area contributed by atoms with E-state index in [4.69, 9.17) is 9.26 Å². The Morgan fingerprint density at radius 3 is 2.64 bits per heavy atom. The minimum Gasteiger partial charge on any atom is -0.497 e. The highest BCUT2D eigenvalue weighted by Gasteiger charge is 2.37. The van der Waals surface area contributed by atoms with Gasteiger partial charge in [0, 0.05) is 18.0 Å². The Hall–Kier alpha value is -2.37. The fourth-order valence-electron chi connectivity index (χ4n) is 3.92. The van der Waals surface area contributed by atoms with Crippen LogP contribution in [0, 0.1) is 5.92 Å². The number of rotatable bonds is 4. The second kappa shape index (κ2) is 6.86. The second-order valence-corrected chi connectivity index (χ2v) is 6.86. The molecule has 2 aromatic rings. The van der Waals surface area contributed by atoms with E-state index >= 15 is 0 Å². The monoisotopic (exact) mass is 341 g/mol. The van der Waals surface area contributed by atoms with Gasteiger partial charge in [-0.2, -0.15) is 4.98 Å². The van der Waals surface area contributed by atoms with Gasteiger partial charge in [-0.25, -0.2) is 0 Å². The molecule has 25 heavy (non-hydrogen) atoms. The summed E-state index contributed by atoms with van der Waals surface area (Å²) in [6.07, 6.45) is 6.24. The zero-order chi connectivity index (χ0) is 17.2. The van der Waals surface area contributed by atoms with Gasteiger partial charge in [-0.3, -0.25) is 4.79 Å². The molecule has 1 aromatic heterocycles. The topological polar surface area (TPSA) is 68.5 Å². The lowest BCUT2D eigenvalue weighted by molar-refractivity contribution is -0.136. The number of ether oxygens (including phenoxy) is 1. The maximum Gasteiger partial charge on any atom is 0.249 e. The minimum absolute atomic E-state index is 0.0763. The molecule has 6 nitrogen and oxygen atoms in total. The van der Waals surface area contributed by atoms with Crippen LogP contribution in [0.3, 0.4) is 0 Å². The maximum atomic E-state index is 12.8. The van der Waals surface area contributed by atoms with Gasteiger partial charge >= 0.3 is 0 Å². The van der Waals surface area contributed by atoms with E-state index in [0.717, 1.165) is 56.4 Å². The summed E-state index contributed by atoms with van der Waals surface area (Å²) >= 11 is 0. The van der Waals surface area contributed by atoms with Crippen LogP contribution in [0.5, 0.6) is 5.75 Å². The first kappa shape index (κ1) is 16.1.